The average molecular weight is 226 g/mol. The molecule has 0 aliphatic rings. The zero-order valence-electron chi connectivity index (χ0n) is 8.87. The molecule has 1 N–H and O–H groups in total. The number of nitrogens with one attached hydrogen (secondary N) is 1. The first-order valence-electron chi connectivity index (χ1n) is 5.11. The fourth-order valence-electron chi connectivity index (χ4n) is 1.41. The van der Waals surface area contributed by atoms with E-state index in [4.69, 9.17) is 11.6 Å². The molecule has 3 heteroatoms. The van der Waals surface area contributed by atoms with Crippen LogP contribution in [-0.4, -0.2) is 17.8 Å². The summed E-state index contributed by atoms with van der Waals surface area (Å²) in [5, 5.41) is 2.83. The molecular formula is C12H16ClNO. The lowest BCUT2D eigenvalue weighted by atomic mass is 10.1. The molecule has 0 spiro atoms. The highest BCUT2D eigenvalue weighted by Crippen LogP contribution is 2.04. The molecule has 1 aromatic rings. The van der Waals surface area contributed by atoms with Crippen LogP contribution in [0.1, 0.15) is 18.9 Å². The summed E-state index contributed by atoms with van der Waals surface area (Å²) in [6.45, 7) is 1.99. The summed E-state index contributed by atoms with van der Waals surface area (Å²) in [5.74, 6) is -0.0624. The van der Waals surface area contributed by atoms with Crippen LogP contribution in [0.3, 0.4) is 0 Å². The predicted octanol–water partition coefficient (Wildman–Crippen LogP) is 2.36. The van der Waals surface area contributed by atoms with Gasteiger partial charge in [0.15, 0.2) is 0 Å². The van der Waals surface area contributed by atoms with E-state index >= 15 is 0 Å². The van der Waals surface area contributed by atoms with Gasteiger partial charge in [-0.2, -0.15) is 0 Å². The summed E-state index contributed by atoms with van der Waals surface area (Å²) in [7, 11) is 0. The third-order valence-corrected chi connectivity index (χ3v) is 2.48. The topological polar surface area (TPSA) is 29.1 Å². The van der Waals surface area contributed by atoms with E-state index in [0.717, 1.165) is 12.8 Å². The van der Waals surface area contributed by atoms with Crippen molar-refractivity contribution >= 4 is 17.5 Å². The molecule has 15 heavy (non-hydrogen) atoms. The van der Waals surface area contributed by atoms with Gasteiger partial charge in [0.1, 0.15) is 5.88 Å². The molecular weight excluding hydrogens is 210 g/mol. The van der Waals surface area contributed by atoms with Gasteiger partial charge in [-0.1, -0.05) is 30.3 Å². The first-order chi connectivity index (χ1) is 7.22. The lowest BCUT2D eigenvalue weighted by Gasteiger charge is -2.12. The second kappa shape index (κ2) is 6.46. The standard InChI is InChI=1S/C12H16ClNO/c1-10(14-12(15)9-13)7-8-11-5-3-2-4-6-11/h2-6,10H,7-9H2,1H3,(H,14,15)/t10-/m0/s1. The molecule has 0 saturated heterocycles. The molecule has 0 bridgehead atoms. The maximum Gasteiger partial charge on any atom is 0.235 e. The third-order valence-electron chi connectivity index (χ3n) is 2.24. The molecule has 0 heterocycles. The number of amides is 1. The highest BCUT2D eigenvalue weighted by Gasteiger charge is 2.05. The quantitative estimate of drug-likeness (QED) is 0.766. The van der Waals surface area contributed by atoms with Crippen LogP contribution in [0.5, 0.6) is 0 Å². The normalized spacial score (nSPS) is 12.1. The fourth-order valence-corrected chi connectivity index (χ4v) is 1.49. The van der Waals surface area contributed by atoms with Crippen molar-refractivity contribution in [3.63, 3.8) is 0 Å². The molecule has 1 amide bonds. The van der Waals surface area contributed by atoms with E-state index < -0.39 is 0 Å². The van der Waals surface area contributed by atoms with Crippen LogP contribution >= 0.6 is 11.6 Å². The number of hydrogen-bond donors (Lipinski definition) is 1. The summed E-state index contributed by atoms with van der Waals surface area (Å²) >= 11 is 5.40. The van der Waals surface area contributed by atoms with Gasteiger partial charge < -0.3 is 5.32 Å². The van der Waals surface area contributed by atoms with Crippen molar-refractivity contribution in [3.8, 4) is 0 Å². The van der Waals surface area contributed by atoms with E-state index in [9.17, 15) is 4.79 Å². The molecule has 82 valence electrons. The van der Waals surface area contributed by atoms with E-state index in [2.05, 4.69) is 17.4 Å². The Kier molecular flexibility index (Phi) is 5.19. The minimum absolute atomic E-state index is 0.0374. The highest BCUT2D eigenvalue weighted by atomic mass is 35.5. The van der Waals surface area contributed by atoms with Crippen molar-refractivity contribution in [2.75, 3.05) is 5.88 Å². The molecule has 1 aromatic carbocycles. The van der Waals surface area contributed by atoms with Gasteiger partial charge >= 0.3 is 0 Å². The van der Waals surface area contributed by atoms with Crippen molar-refractivity contribution in [3.05, 3.63) is 35.9 Å². The number of rotatable bonds is 5. The molecule has 0 radical (unpaired) electrons. The monoisotopic (exact) mass is 225 g/mol. The van der Waals surface area contributed by atoms with Crippen LogP contribution in [0.15, 0.2) is 30.3 Å². The van der Waals surface area contributed by atoms with E-state index in [1.807, 2.05) is 25.1 Å². The Morgan fingerprint density at radius 2 is 2.07 bits per heavy atom. The van der Waals surface area contributed by atoms with Gasteiger partial charge in [0.05, 0.1) is 0 Å². The summed E-state index contributed by atoms with van der Waals surface area (Å²) in [5.41, 5.74) is 1.30. The van der Waals surface area contributed by atoms with Crippen molar-refractivity contribution in [2.24, 2.45) is 0 Å². The Labute approximate surface area is 95.6 Å². The maximum absolute atomic E-state index is 11.0. The zero-order valence-corrected chi connectivity index (χ0v) is 9.63. The number of aryl methyl sites for hydroxylation is 1. The molecule has 0 saturated carbocycles. The molecule has 1 atom stereocenters. The minimum atomic E-state index is -0.0998. The van der Waals surface area contributed by atoms with Crippen molar-refractivity contribution in [1.82, 2.24) is 5.32 Å². The SMILES string of the molecule is C[C@@H](CCc1ccccc1)NC(=O)CCl. The number of alkyl halides is 1. The van der Waals surface area contributed by atoms with Crippen LogP contribution in [0.4, 0.5) is 0 Å². The fraction of sp³-hybridized carbons (Fsp3) is 0.417. The summed E-state index contributed by atoms with van der Waals surface area (Å²) in [6.07, 6.45) is 1.91. The first-order valence-corrected chi connectivity index (χ1v) is 5.65. The summed E-state index contributed by atoms with van der Waals surface area (Å²) in [6, 6.07) is 10.4. The molecule has 0 aromatic heterocycles. The Hall–Kier alpha value is -1.02. The Balaban J connectivity index is 2.28. The Morgan fingerprint density at radius 1 is 1.40 bits per heavy atom. The molecule has 0 aliphatic carbocycles. The van der Waals surface area contributed by atoms with Crippen LogP contribution in [0, 0.1) is 0 Å². The minimum Gasteiger partial charge on any atom is -0.353 e. The van der Waals surface area contributed by atoms with Crippen LogP contribution in [0.25, 0.3) is 0 Å². The third kappa shape index (κ3) is 4.84. The van der Waals surface area contributed by atoms with Crippen molar-refractivity contribution < 1.29 is 4.79 Å². The lowest BCUT2D eigenvalue weighted by molar-refractivity contribution is -0.119. The number of hydrogen-bond acceptors (Lipinski definition) is 1. The van der Waals surface area contributed by atoms with Crippen LogP contribution in [0.2, 0.25) is 0 Å². The van der Waals surface area contributed by atoms with Crippen molar-refractivity contribution in [2.45, 2.75) is 25.8 Å². The number of halogens is 1. The molecule has 0 unspecified atom stereocenters. The maximum atomic E-state index is 11.0. The van der Waals surface area contributed by atoms with E-state index in [1.54, 1.807) is 0 Å². The average Bonchev–Trinajstić information content (AvgIpc) is 2.27. The molecule has 2 nitrogen and oxygen atoms in total. The van der Waals surface area contributed by atoms with Gasteiger partial charge in [-0.3, -0.25) is 4.79 Å². The Morgan fingerprint density at radius 3 is 2.67 bits per heavy atom. The zero-order chi connectivity index (χ0) is 11.1. The lowest BCUT2D eigenvalue weighted by Crippen LogP contribution is -2.33. The number of carbonyl (C=O) groups excluding carboxylic acids is 1. The number of benzene rings is 1. The van der Waals surface area contributed by atoms with Gasteiger partial charge in [-0.05, 0) is 25.3 Å². The first kappa shape index (κ1) is 12.1. The second-order valence-corrected chi connectivity index (χ2v) is 3.89. The highest BCUT2D eigenvalue weighted by molar-refractivity contribution is 6.27. The van der Waals surface area contributed by atoms with E-state index in [1.165, 1.54) is 5.56 Å². The van der Waals surface area contributed by atoms with Crippen LogP contribution in [-0.2, 0) is 11.2 Å². The van der Waals surface area contributed by atoms with E-state index in [0.29, 0.717) is 0 Å². The second-order valence-electron chi connectivity index (χ2n) is 3.63. The van der Waals surface area contributed by atoms with Gasteiger partial charge in [0.2, 0.25) is 5.91 Å². The Bertz CT molecular complexity index is 300. The van der Waals surface area contributed by atoms with Crippen LogP contribution < -0.4 is 5.32 Å². The van der Waals surface area contributed by atoms with Gasteiger partial charge in [-0.25, -0.2) is 0 Å². The van der Waals surface area contributed by atoms with Gasteiger partial charge in [0, 0.05) is 6.04 Å². The number of carbonyl (C=O) groups is 1. The molecule has 0 fully saturated rings. The summed E-state index contributed by atoms with van der Waals surface area (Å²) in [4.78, 5) is 11.0. The van der Waals surface area contributed by atoms with Gasteiger partial charge in [0.25, 0.3) is 0 Å². The molecule has 1 rings (SSSR count). The van der Waals surface area contributed by atoms with E-state index in [-0.39, 0.29) is 17.8 Å². The summed E-state index contributed by atoms with van der Waals surface area (Å²) < 4.78 is 0. The predicted molar refractivity (Wildman–Crippen MR) is 63.1 cm³/mol. The smallest absolute Gasteiger partial charge is 0.235 e. The largest absolute Gasteiger partial charge is 0.353 e. The van der Waals surface area contributed by atoms with Gasteiger partial charge in [-0.15, -0.1) is 11.6 Å². The van der Waals surface area contributed by atoms with Crippen molar-refractivity contribution in [1.29, 1.82) is 0 Å². The molecule has 0 aliphatic heterocycles.